The Morgan fingerprint density at radius 3 is 2.72 bits per heavy atom. The van der Waals surface area contributed by atoms with Gasteiger partial charge >= 0.3 is 0 Å². The number of piperidine rings is 1. The van der Waals surface area contributed by atoms with Crippen molar-refractivity contribution in [3.63, 3.8) is 0 Å². The van der Waals surface area contributed by atoms with Crippen LogP contribution in [-0.4, -0.2) is 40.5 Å². The van der Waals surface area contributed by atoms with Crippen molar-refractivity contribution in [2.75, 3.05) is 19.6 Å². The Morgan fingerprint density at radius 1 is 1.22 bits per heavy atom. The monoisotopic (exact) mass is 246 g/mol. The van der Waals surface area contributed by atoms with Gasteiger partial charge in [-0.3, -0.25) is 4.90 Å². The highest BCUT2D eigenvalue weighted by Gasteiger charge is 2.31. The third kappa shape index (κ3) is 3.27. The van der Waals surface area contributed by atoms with E-state index in [1.54, 1.807) is 0 Å². The second-order valence-electron chi connectivity index (χ2n) is 5.54. The summed E-state index contributed by atoms with van der Waals surface area (Å²) in [4.78, 5) is 11.3. The summed E-state index contributed by atoms with van der Waals surface area (Å²) in [5.74, 6) is 1.77. The molecule has 0 spiro atoms. The summed E-state index contributed by atoms with van der Waals surface area (Å²) in [6.45, 7) is 4.50. The maximum atomic E-state index is 4.35. The summed E-state index contributed by atoms with van der Waals surface area (Å²) in [6.07, 6.45) is 9.09. The lowest BCUT2D eigenvalue weighted by atomic mass is 9.99. The fraction of sp³-hybridized carbons (Fsp3) is 0.714. The minimum absolute atomic E-state index is 0.788. The van der Waals surface area contributed by atoms with E-state index in [1.165, 1.54) is 45.3 Å². The second-order valence-corrected chi connectivity index (χ2v) is 5.54. The second kappa shape index (κ2) is 5.76. The first-order chi connectivity index (χ1) is 8.92. The highest BCUT2D eigenvalue weighted by molar-refractivity contribution is 4.93. The number of hydrogen-bond acceptors (Lipinski definition) is 4. The van der Waals surface area contributed by atoms with Crippen LogP contribution in [0.3, 0.4) is 0 Å². The molecule has 0 radical (unpaired) electrons. The zero-order chi connectivity index (χ0) is 12.2. The van der Waals surface area contributed by atoms with Gasteiger partial charge < -0.3 is 5.32 Å². The molecule has 1 unspecified atom stereocenters. The predicted molar refractivity (Wildman–Crippen MR) is 71.1 cm³/mol. The quantitative estimate of drug-likeness (QED) is 0.853. The molecule has 2 fully saturated rings. The van der Waals surface area contributed by atoms with Gasteiger partial charge in [-0.1, -0.05) is 0 Å². The standard InChI is InChI=1S/C14H22N4/c1-3-12(9-15-6-1)10-18(13-4-5-13)11-14-16-7-2-8-17-14/h2,7-8,12-13,15H,1,3-6,9-11H2. The Hall–Kier alpha value is -1.00. The van der Waals surface area contributed by atoms with Crippen molar-refractivity contribution in [3.8, 4) is 0 Å². The molecule has 3 rings (SSSR count). The van der Waals surface area contributed by atoms with E-state index in [2.05, 4.69) is 20.2 Å². The van der Waals surface area contributed by atoms with Crippen molar-refractivity contribution in [1.82, 2.24) is 20.2 Å². The number of rotatable bonds is 5. The molecule has 1 aromatic rings. The van der Waals surface area contributed by atoms with E-state index < -0.39 is 0 Å². The minimum atomic E-state index is 0.788. The molecule has 0 aromatic carbocycles. The number of nitrogens with zero attached hydrogens (tertiary/aromatic N) is 3. The Morgan fingerprint density at radius 2 is 2.06 bits per heavy atom. The third-order valence-electron chi connectivity index (χ3n) is 3.92. The van der Waals surface area contributed by atoms with E-state index in [4.69, 9.17) is 0 Å². The maximum absolute atomic E-state index is 4.35. The molecule has 0 amide bonds. The van der Waals surface area contributed by atoms with Crippen molar-refractivity contribution < 1.29 is 0 Å². The molecule has 2 heterocycles. The Kier molecular flexibility index (Phi) is 3.86. The van der Waals surface area contributed by atoms with Crippen LogP contribution in [0.1, 0.15) is 31.5 Å². The van der Waals surface area contributed by atoms with Crippen molar-refractivity contribution in [2.24, 2.45) is 5.92 Å². The normalized spacial score (nSPS) is 24.4. The Labute approximate surface area is 109 Å². The molecule has 1 saturated carbocycles. The van der Waals surface area contributed by atoms with Crippen LogP contribution in [0.15, 0.2) is 18.5 Å². The Balaban J connectivity index is 1.58. The molecule has 4 heteroatoms. The van der Waals surface area contributed by atoms with Crippen LogP contribution in [0.2, 0.25) is 0 Å². The van der Waals surface area contributed by atoms with Crippen molar-refractivity contribution in [3.05, 3.63) is 24.3 Å². The summed E-state index contributed by atoms with van der Waals surface area (Å²) in [5.41, 5.74) is 0. The van der Waals surface area contributed by atoms with Gasteiger partial charge in [-0.05, 0) is 50.8 Å². The van der Waals surface area contributed by atoms with Crippen molar-refractivity contribution in [2.45, 2.75) is 38.3 Å². The van der Waals surface area contributed by atoms with E-state index in [0.717, 1.165) is 24.3 Å². The first-order valence-electron chi connectivity index (χ1n) is 7.12. The molecule has 1 atom stereocenters. The zero-order valence-electron chi connectivity index (χ0n) is 10.9. The van der Waals surface area contributed by atoms with E-state index in [-0.39, 0.29) is 0 Å². The van der Waals surface area contributed by atoms with Crippen molar-refractivity contribution in [1.29, 1.82) is 0 Å². The lowest BCUT2D eigenvalue weighted by Crippen LogP contribution is -2.39. The number of aromatic nitrogens is 2. The van der Waals surface area contributed by atoms with Crippen LogP contribution < -0.4 is 5.32 Å². The maximum Gasteiger partial charge on any atom is 0.142 e. The predicted octanol–water partition coefficient (Wildman–Crippen LogP) is 1.44. The first kappa shape index (κ1) is 12.1. The molecule has 1 aromatic heterocycles. The molecule has 1 aliphatic heterocycles. The summed E-state index contributed by atoms with van der Waals surface area (Å²) in [7, 11) is 0. The lowest BCUT2D eigenvalue weighted by Gasteiger charge is -2.29. The van der Waals surface area contributed by atoms with Gasteiger partial charge in [-0.25, -0.2) is 9.97 Å². The first-order valence-corrected chi connectivity index (χ1v) is 7.12. The summed E-state index contributed by atoms with van der Waals surface area (Å²) < 4.78 is 0. The average molecular weight is 246 g/mol. The number of nitrogens with one attached hydrogen (secondary N) is 1. The molecule has 1 N–H and O–H groups in total. The molecule has 1 saturated heterocycles. The SMILES string of the molecule is c1cnc(CN(CC2CCCNC2)C2CC2)nc1. The van der Waals surface area contributed by atoms with Gasteiger partial charge in [0.2, 0.25) is 0 Å². The lowest BCUT2D eigenvalue weighted by molar-refractivity contribution is 0.189. The molecule has 18 heavy (non-hydrogen) atoms. The summed E-state index contributed by atoms with van der Waals surface area (Å²) in [5, 5.41) is 3.51. The van der Waals surface area contributed by atoms with Crippen LogP contribution >= 0.6 is 0 Å². The highest BCUT2D eigenvalue weighted by Crippen LogP contribution is 2.29. The zero-order valence-corrected chi connectivity index (χ0v) is 10.9. The molecule has 2 aliphatic rings. The van der Waals surface area contributed by atoms with Crippen LogP contribution in [0.4, 0.5) is 0 Å². The topological polar surface area (TPSA) is 41.1 Å². The molecular formula is C14H22N4. The van der Waals surface area contributed by atoms with E-state index in [0.29, 0.717) is 0 Å². The van der Waals surface area contributed by atoms with Crippen LogP contribution in [0.25, 0.3) is 0 Å². The van der Waals surface area contributed by atoms with Crippen LogP contribution in [0, 0.1) is 5.92 Å². The Bertz CT molecular complexity index is 357. The fourth-order valence-electron chi connectivity index (χ4n) is 2.79. The largest absolute Gasteiger partial charge is 0.316 e. The van der Waals surface area contributed by atoms with Crippen LogP contribution in [-0.2, 0) is 6.54 Å². The van der Waals surface area contributed by atoms with Gasteiger partial charge in [-0.15, -0.1) is 0 Å². The van der Waals surface area contributed by atoms with Gasteiger partial charge in [0.25, 0.3) is 0 Å². The molecule has 98 valence electrons. The molecular weight excluding hydrogens is 224 g/mol. The van der Waals surface area contributed by atoms with Gasteiger partial charge in [0, 0.05) is 25.0 Å². The third-order valence-corrected chi connectivity index (χ3v) is 3.92. The van der Waals surface area contributed by atoms with Crippen LogP contribution in [0.5, 0.6) is 0 Å². The minimum Gasteiger partial charge on any atom is -0.316 e. The average Bonchev–Trinajstić information content (AvgIpc) is 3.25. The van der Waals surface area contributed by atoms with Gasteiger partial charge in [0.15, 0.2) is 0 Å². The van der Waals surface area contributed by atoms with Gasteiger partial charge in [0.1, 0.15) is 5.82 Å². The molecule has 1 aliphatic carbocycles. The summed E-state index contributed by atoms with van der Waals surface area (Å²) >= 11 is 0. The van der Waals surface area contributed by atoms with Crippen molar-refractivity contribution >= 4 is 0 Å². The highest BCUT2D eigenvalue weighted by atomic mass is 15.2. The van der Waals surface area contributed by atoms with Gasteiger partial charge in [0.05, 0.1) is 6.54 Å². The van der Waals surface area contributed by atoms with E-state index >= 15 is 0 Å². The smallest absolute Gasteiger partial charge is 0.142 e. The van der Waals surface area contributed by atoms with E-state index in [1.807, 2.05) is 18.5 Å². The fourth-order valence-corrected chi connectivity index (χ4v) is 2.79. The number of hydrogen-bond donors (Lipinski definition) is 1. The molecule has 4 nitrogen and oxygen atoms in total. The van der Waals surface area contributed by atoms with Gasteiger partial charge in [-0.2, -0.15) is 0 Å². The van der Waals surface area contributed by atoms with E-state index in [9.17, 15) is 0 Å². The summed E-state index contributed by atoms with van der Waals surface area (Å²) in [6, 6.07) is 2.67. The molecule has 0 bridgehead atoms.